The summed E-state index contributed by atoms with van der Waals surface area (Å²) >= 11 is 0. The summed E-state index contributed by atoms with van der Waals surface area (Å²) in [6.07, 6.45) is 8.22. The molecule has 0 aliphatic carbocycles. The fourth-order valence-electron chi connectivity index (χ4n) is 3.31. The molecule has 5 heterocycles. The highest BCUT2D eigenvalue weighted by molar-refractivity contribution is 5.23. The van der Waals surface area contributed by atoms with Gasteiger partial charge in [0.05, 0.1) is 0 Å². The van der Waals surface area contributed by atoms with E-state index in [2.05, 4.69) is 21.4 Å². The molecular formula is C13H17N3O2. The second kappa shape index (κ2) is 3.76. The normalized spacial score (nSPS) is 37.7. The first-order valence-electron chi connectivity index (χ1n) is 6.54. The first-order valence-corrected chi connectivity index (χ1v) is 6.54. The van der Waals surface area contributed by atoms with Crippen LogP contribution in [0, 0.1) is 5.92 Å². The van der Waals surface area contributed by atoms with Crippen molar-refractivity contribution in [2.24, 2.45) is 5.92 Å². The lowest BCUT2D eigenvalue weighted by Crippen LogP contribution is -2.58. The molecular weight excluding hydrogens is 230 g/mol. The number of piperidine rings is 3. The molecule has 0 aromatic carbocycles. The third kappa shape index (κ3) is 1.54. The number of hydrogen-bond donors (Lipinski definition) is 2. The number of rotatable bonds is 2. The Morgan fingerprint density at radius 3 is 2.94 bits per heavy atom. The maximum absolute atomic E-state index is 5.86. The molecule has 1 spiro atoms. The first kappa shape index (κ1) is 10.5. The minimum absolute atomic E-state index is 0.178. The van der Waals surface area contributed by atoms with Crippen molar-refractivity contribution in [2.75, 3.05) is 19.6 Å². The zero-order chi connectivity index (χ0) is 12.0. The number of nitrogens with one attached hydrogen (secondary N) is 2. The molecule has 0 radical (unpaired) electrons. The van der Waals surface area contributed by atoms with Crippen LogP contribution >= 0.6 is 0 Å². The van der Waals surface area contributed by atoms with Crippen molar-refractivity contribution < 1.29 is 9.57 Å². The lowest BCUT2D eigenvalue weighted by molar-refractivity contribution is -0.141. The number of aromatic amines is 1. The van der Waals surface area contributed by atoms with Crippen molar-refractivity contribution in [3.05, 3.63) is 30.4 Å². The van der Waals surface area contributed by atoms with E-state index in [0.29, 0.717) is 11.8 Å². The summed E-state index contributed by atoms with van der Waals surface area (Å²) in [7, 11) is 0. The van der Waals surface area contributed by atoms with Crippen LogP contribution in [-0.2, 0) is 4.84 Å². The monoisotopic (exact) mass is 247 g/mol. The minimum atomic E-state index is -0.178. The van der Waals surface area contributed by atoms with Crippen molar-refractivity contribution in [3.8, 4) is 5.75 Å². The summed E-state index contributed by atoms with van der Waals surface area (Å²) in [5.74, 6) is 2.13. The second-order valence-electron chi connectivity index (χ2n) is 5.37. The van der Waals surface area contributed by atoms with Crippen LogP contribution in [0.2, 0.25) is 0 Å². The molecule has 2 bridgehead atoms. The van der Waals surface area contributed by atoms with Crippen molar-refractivity contribution in [3.63, 3.8) is 0 Å². The van der Waals surface area contributed by atoms with Gasteiger partial charge in [0.15, 0.2) is 0 Å². The van der Waals surface area contributed by atoms with Crippen LogP contribution in [0.15, 0.2) is 30.4 Å². The number of fused-ring (bicyclic) bond motifs is 2. The Morgan fingerprint density at radius 1 is 1.39 bits per heavy atom. The van der Waals surface area contributed by atoms with E-state index in [9.17, 15) is 0 Å². The number of hydroxylamine groups is 1. The molecule has 4 aliphatic heterocycles. The summed E-state index contributed by atoms with van der Waals surface area (Å²) in [4.78, 5) is 11.3. The smallest absolute Gasteiger partial charge is 0.216 e. The van der Waals surface area contributed by atoms with Gasteiger partial charge >= 0.3 is 0 Å². The zero-order valence-electron chi connectivity index (χ0n) is 10.2. The Bertz CT molecular complexity index is 463. The van der Waals surface area contributed by atoms with Gasteiger partial charge in [-0.3, -0.25) is 9.74 Å². The van der Waals surface area contributed by atoms with E-state index >= 15 is 0 Å². The molecule has 4 aliphatic rings. The number of hydrogen-bond acceptors (Lipinski definition) is 4. The predicted molar refractivity (Wildman–Crippen MR) is 65.6 cm³/mol. The highest BCUT2D eigenvalue weighted by atomic mass is 16.7. The molecule has 1 aromatic rings. The van der Waals surface area contributed by atoms with Gasteiger partial charge in [-0.2, -0.15) is 0 Å². The number of H-pyrrole nitrogens is 1. The van der Waals surface area contributed by atoms with Gasteiger partial charge in [-0.25, -0.2) is 5.48 Å². The Balaban J connectivity index is 1.56. The predicted octanol–water partition coefficient (Wildman–Crippen LogP) is 1.23. The van der Waals surface area contributed by atoms with Crippen LogP contribution in [0.5, 0.6) is 5.75 Å². The molecule has 3 fully saturated rings. The number of nitrogens with zero attached hydrogens (tertiary/aromatic N) is 1. The van der Waals surface area contributed by atoms with Crippen molar-refractivity contribution in [1.29, 1.82) is 0 Å². The van der Waals surface area contributed by atoms with Gasteiger partial charge in [-0.05, 0) is 37.9 Å². The van der Waals surface area contributed by atoms with E-state index in [0.717, 1.165) is 12.3 Å². The third-order valence-corrected chi connectivity index (χ3v) is 4.26. The van der Waals surface area contributed by atoms with Gasteiger partial charge in [0, 0.05) is 25.0 Å². The molecule has 1 aromatic heterocycles. The summed E-state index contributed by atoms with van der Waals surface area (Å²) in [5.41, 5.74) is 2.76. The third-order valence-electron chi connectivity index (χ3n) is 4.26. The van der Waals surface area contributed by atoms with Gasteiger partial charge in [0.2, 0.25) is 5.88 Å². The zero-order valence-corrected chi connectivity index (χ0v) is 10.2. The van der Waals surface area contributed by atoms with Crippen LogP contribution < -0.4 is 10.2 Å². The maximum Gasteiger partial charge on any atom is 0.216 e. The van der Waals surface area contributed by atoms with Crippen molar-refractivity contribution >= 4 is 0 Å². The lowest BCUT2D eigenvalue weighted by Gasteiger charge is -2.48. The van der Waals surface area contributed by atoms with E-state index in [1.165, 1.54) is 25.9 Å². The van der Waals surface area contributed by atoms with Crippen molar-refractivity contribution in [2.45, 2.75) is 18.4 Å². The molecule has 5 nitrogen and oxygen atoms in total. The lowest BCUT2D eigenvalue weighted by atomic mass is 9.75. The molecule has 5 heteroatoms. The summed E-state index contributed by atoms with van der Waals surface area (Å²) in [6, 6.07) is 1.89. The summed E-state index contributed by atoms with van der Waals surface area (Å²) in [6.45, 7) is 3.39. The Hall–Kier alpha value is -1.46. The Morgan fingerprint density at radius 2 is 2.28 bits per heavy atom. The van der Waals surface area contributed by atoms with Crippen molar-refractivity contribution in [1.82, 2.24) is 15.4 Å². The fraction of sp³-hybridized carbons (Fsp3) is 0.538. The molecule has 18 heavy (non-hydrogen) atoms. The fourth-order valence-corrected chi connectivity index (χ4v) is 3.31. The average molecular weight is 247 g/mol. The molecule has 96 valence electrons. The number of ether oxygens (including phenoxy) is 1. The van der Waals surface area contributed by atoms with Crippen LogP contribution in [0.3, 0.4) is 0 Å². The second-order valence-corrected chi connectivity index (χ2v) is 5.37. The molecule has 1 atom stereocenters. The topological polar surface area (TPSA) is 49.5 Å². The quantitative estimate of drug-likeness (QED) is 0.825. The molecule has 2 N–H and O–H groups in total. The van der Waals surface area contributed by atoms with Gasteiger partial charge in [-0.15, -0.1) is 0 Å². The average Bonchev–Trinajstić information content (AvgIpc) is 3.02. The highest BCUT2D eigenvalue weighted by Gasteiger charge is 2.50. The standard InChI is InChI=1S/C13H17N3O2/c1-4-14-8-11(1)17-12-7-13(18-15-12)9-16-5-2-10(13)3-6-16/h1,4,7-8,10,14-15H,2-3,5-6,9H2. The Kier molecular flexibility index (Phi) is 2.19. The van der Waals surface area contributed by atoms with Gasteiger partial charge in [-0.1, -0.05) is 0 Å². The molecule has 3 saturated heterocycles. The van der Waals surface area contributed by atoms with E-state index in [-0.39, 0.29) is 5.60 Å². The number of aromatic nitrogens is 1. The Labute approximate surface area is 106 Å². The summed E-state index contributed by atoms with van der Waals surface area (Å²) < 4.78 is 5.73. The molecule has 0 amide bonds. The van der Waals surface area contributed by atoms with Crippen LogP contribution in [0.1, 0.15) is 12.8 Å². The van der Waals surface area contributed by atoms with E-state index < -0.39 is 0 Å². The minimum Gasteiger partial charge on any atom is -0.438 e. The van der Waals surface area contributed by atoms with Gasteiger partial charge < -0.3 is 9.72 Å². The summed E-state index contributed by atoms with van der Waals surface area (Å²) in [5, 5.41) is 0. The van der Waals surface area contributed by atoms with Crippen LogP contribution in [0.25, 0.3) is 0 Å². The molecule has 5 rings (SSSR count). The van der Waals surface area contributed by atoms with Crippen LogP contribution in [-0.4, -0.2) is 35.1 Å². The molecule has 1 unspecified atom stereocenters. The maximum atomic E-state index is 5.86. The first-order chi connectivity index (χ1) is 8.84. The molecule has 0 saturated carbocycles. The SMILES string of the molecule is C1=C(Oc2cc[nH]c2)NOC12CN1CCC2CC1. The van der Waals surface area contributed by atoms with Gasteiger partial charge in [0.25, 0.3) is 0 Å². The van der Waals surface area contributed by atoms with Gasteiger partial charge in [0.1, 0.15) is 11.4 Å². The highest BCUT2D eigenvalue weighted by Crippen LogP contribution is 2.41. The van der Waals surface area contributed by atoms with E-state index in [1.807, 2.05) is 18.5 Å². The van der Waals surface area contributed by atoms with E-state index in [1.54, 1.807) is 0 Å². The largest absolute Gasteiger partial charge is 0.438 e. The van der Waals surface area contributed by atoms with Crippen LogP contribution in [0.4, 0.5) is 0 Å². The van der Waals surface area contributed by atoms with E-state index in [4.69, 9.17) is 9.57 Å².